The molecule has 2 aromatic carbocycles. The molecule has 2 amide bonds. The summed E-state index contributed by atoms with van der Waals surface area (Å²) in [5, 5.41) is 23.5. The van der Waals surface area contributed by atoms with Crippen molar-refractivity contribution in [3.05, 3.63) is 71.8 Å². The quantitative estimate of drug-likeness (QED) is 0.159. The molecule has 0 saturated carbocycles. The lowest BCUT2D eigenvalue weighted by atomic mass is 10.2. The van der Waals surface area contributed by atoms with Crippen molar-refractivity contribution in [1.29, 1.82) is 0 Å². The third-order valence-corrected chi connectivity index (χ3v) is 6.84. The van der Waals surface area contributed by atoms with Crippen LogP contribution in [0, 0.1) is 0 Å². The predicted molar refractivity (Wildman–Crippen MR) is 152 cm³/mol. The standard InChI is InChI=1S/C30H40N2O4S/c33-23-11-3-1-9-21-31-29(35)19-17-25-13-5-7-15-27(25)37-28-16-8-6-14-26(28)18-20-30(36)32-22-10-2-4-12-24-34/h5-8,13-20,33-34H,1-4,9-12,21-24H2,(H,31,35)(H,32,36). The Morgan fingerprint density at radius 3 is 1.46 bits per heavy atom. The Hall–Kier alpha value is -2.87. The zero-order valence-electron chi connectivity index (χ0n) is 21.5. The van der Waals surface area contributed by atoms with Crippen molar-refractivity contribution >= 4 is 35.7 Å². The zero-order chi connectivity index (χ0) is 26.6. The van der Waals surface area contributed by atoms with Gasteiger partial charge in [0.15, 0.2) is 0 Å². The molecular weight excluding hydrogens is 484 g/mol. The number of rotatable bonds is 18. The van der Waals surface area contributed by atoms with Crippen LogP contribution in [0.2, 0.25) is 0 Å². The van der Waals surface area contributed by atoms with Crippen LogP contribution < -0.4 is 10.6 Å². The summed E-state index contributed by atoms with van der Waals surface area (Å²) in [6.45, 7) is 1.69. The fraction of sp³-hybridized carbons (Fsp3) is 0.400. The van der Waals surface area contributed by atoms with Gasteiger partial charge in [-0.15, -0.1) is 0 Å². The van der Waals surface area contributed by atoms with Crippen LogP contribution in [0.15, 0.2) is 70.5 Å². The summed E-state index contributed by atoms with van der Waals surface area (Å²) in [7, 11) is 0. The summed E-state index contributed by atoms with van der Waals surface area (Å²) in [5.74, 6) is -0.241. The number of hydrogen-bond donors (Lipinski definition) is 4. The minimum Gasteiger partial charge on any atom is -0.396 e. The molecule has 2 rings (SSSR count). The van der Waals surface area contributed by atoms with Gasteiger partial charge < -0.3 is 20.8 Å². The Bertz CT molecular complexity index is 927. The Kier molecular flexibility index (Phi) is 15.8. The molecule has 2 aromatic rings. The van der Waals surface area contributed by atoms with Gasteiger partial charge in [-0.05, 0) is 61.1 Å². The lowest BCUT2D eigenvalue weighted by molar-refractivity contribution is -0.117. The van der Waals surface area contributed by atoms with Crippen LogP contribution >= 0.6 is 11.8 Å². The number of carbonyl (C=O) groups is 2. The van der Waals surface area contributed by atoms with Crippen molar-refractivity contribution in [2.24, 2.45) is 0 Å². The first kappa shape index (κ1) is 30.4. The maximum atomic E-state index is 12.2. The molecule has 0 spiro atoms. The van der Waals surface area contributed by atoms with Gasteiger partial charge in [-0.25, -0.2) is 0 Å². The highest BCUT2D eigenvalue weighted by Gasteiger charge is 2.06. The first-order valence-corrected chi connectivity index (χ1v) is 13.9. The SMILES string of the molecule is O=C(C=Cc1ccccc1Sc1ccccc1C=CC(=O)NCCCCCCO)NCCCCCCO. The van der Waals surface area contributed by atoms with Crippen molar-refractivity contribution < 1.29 is 19.8 Å². The van der Waals surface area contributed by atoms with E-state index in [0.29, 0.717) is 13.1 Å². The Labute approximate surface area is 225 Å². The monoisotopic (exact) mass is 524 g/mol. The number of benzene rings is 2. The Balaban J connectivity index is 1.92. The van der Waals surface area contributed by atoms with Gasteiger partial charge in [0, 0.05) is 48.2 Å². The molecule has 0 radical (unpaired) electrons. The number of unbranched alkanes of at least 4 members (excludes halogenated alkanes) is 6. The van der Waals surface area contributed by atoms with Crippen molar-refractivity contribution in [2.45, 2.75) is 61.2 Å². The van der Waals surface area contributed by atoms with Crippen LogP contribution in [0.5, 0.6) is 0 Å². The lowest BCUT2D eigenvalue weighted by Crippen LogP contribution is -2.22. The van der Waals surface area contributed by atoms with Gasteiger partial charge in [0.1, 0.15) is 0 Å². The van der Waals surface area contributed by atoms with Crippen LogP contribution in [0.1, 0.15) is 62.5 Å². The van der Waals surface area contributed by atoms with E-state index >= 15 is 0 Å². The highest BCUT2D eigenvalue weighted by atomic mass is 32.2. The molecule has 0 heterocycles. The largest absolute Gasteiger partial charge is 0.396 e. The molecule has 0 saturated heterocycles. The van der Waals surface area contributed by atoms with Crippen LogP contribution in [0.3, 0.4) is 0 Å². The van der Waals surface area contributed by atoms with Gasteiger partial charge in [0.05, 0.1) is 0 Å². The number of carbonyl (C=O) groups excluding carboxylic acids is 2. The van der Waals surface area contributed by atoms with E-state index in [-0.39, 0.29) is 25.0 Å². The fourth-order valence-electron chi connectivity index (χ4n) is 3.59. The Morgan fingerprint density at radius 2 is 1.03 bits per heavy atom. The molecule has 0 fully saturated rings. The van der Waals surface area contributed by atoms with E-state index in [4.69, 9.17) is 10.2 Å². The van der Waals surface area contributed by atoms with Crippen molar-refractivity contribution in [1.82, 2.24) is 10.6 Å². The zero-order valence-corrected chi connectivity index (χ0v) is 22.3. The second kappa shape index (κ2) is 19.3. The number of amides is 2. The van der Waals surface area contributed by atoms with E-state index in [1.54, 1.807) is 23.9 Å². The van der Waals surface area contributed by atoms with E-state index in [1.165, 1.54) is 0 Å². The number of hydrogen-bond acceptors (Lipinski definition) is 5. The summed E-state index contributed by atoms with van der Waals surface area (Å²) in [4.78, 5) is 26.5. The van der Waals surface area contributed by atoms with Crippen LogP contribution in [-0.2, 0) is 9.59 Å². The molecule has 0 atom stereocenters. The molecule has 6 nitrogen and oxygen atoms in total. The minimum atomic E-state index is -0.121. The second-order valence-electron chi connectivity index (χ2n) is 8.70. The molecule has 4 N–H and O–H groups in total. The number of aliphatic hydroxyl groups excluding tert-OH is 2. The van der Waals surface area contributed by atoms with Gasteiger partial charge in [-0.3, -0.25) is 9.59 Å². The average molecular weight is 525 g/mol. The van der Waals surface area contributed by atoms with Crippen molar-refractivity contribution in [2.75, 3.05) is 26.3 Å². The molecule has 37 heavy (non-hydrogen) atoms. The highest BCUT2D eigenvalue weighted by Crippen LogP contribution is 2.33. The van der Waals surface area contributed by atoms with Gasteiger partial charge in [-0.2, -0.15) is 0 Å². The van der Waals surface area contributed by atoms with E-state index in [9.17, 15) is 9.59 Å². The maximum absolute atomic E-state index is 12.2. The molecule has 0 unspecified atom stereocenters. The van der Waals surface area contributed by atoms with Crippen molar-refractivity contribution in [3.8, 4) is 0 Å². The minimum absolute atomic E-state index is 0.121. The maximum Gasteiger partial charge on any atom is 0.243 e. The first-order chi connectivity index (χ1) is 18.1. The van der Waals surface area contributed by atoms with E-state index in [2.05, 4.69) is 10.6 Å². The molecule has 0 aliphatic rings. The van der Waals surface area contributed by atoms with Crippen molar-refractivity contribution in [3.63, 3.8) is 0 Å². The molecule has 0 aliphatic heterocycles. The lowest BCUT2D eigenvalue weighted by Gasteiger charge is -2.09. The van der Waals surface area contributed by atoms with E-state index in [0.717, 1.165) is 72.3 Å². The Morgan fingerprint density at radius 1 is 0.622 bits per heavy atom. The molecular formula is C30H40N2O4S. The summed E-state index contributed by atoms with van der Waals surface area (Å²) in [6, 6.07) is 15.8. The average Bonchev–Trinajstić information content (AvgIpc) is 2.91. The van der Waals surface area contributed by atoms with Crippen LogP contribution in [0.25, 0.3) is 12.2 Å². The van der Waals surface area contributed by atoms with Gasteiger partial charge in [0.2, 0.25) is 11.8 Å². The van der Waals surface area contributed by atoms with Gasteiger partial charge in [-0.1, -0.05) is 73.8 Å². The summed E-state index contributed by atoms with van der Waals surface area (Å²) in [6.07, 6.45) is 14.1. The van der Waals surface area contributed by atoms with Gasteiger partial charge >= 0.3 is 0 Å². The number of nitrogens with one attached hydrogen (secondary N) is 2. The van der Waals surface area contributed by atoms with Crippen LogP contribution in [0.4, 0.5) is 0 Å². The normalized spacial score (nSPS) is 11.3. The van der Waals surface area contributed by atoms with Crippen LogP contribution in [-0.4, -0.2) is 48.3 Å². The third kappa shape index (κ3) is 13.3. The first-order valence-electron chi connectivity index (χ1n) is 13.1. The second-order valence-corrected chi connectivity index (χ2v) is 9.79. The summed E-state index contributed by atoms with van der Waals surface area (Å²) < 4.78 is 0. The molecule has 0 bridgehead atoms. The smallest absolute Gasteiger partial charge is 0.243 e. The van der Waals surface area contributed by atoms with E-state index in [1.807, 2.05) is 60.7 Å². The fourth-order valence-corrected chi connectivity index (χ4v) is 4.63. The third-order valence-electron chi connectivity index (χ3n) is 5.65. The molecule has 7 heteroatoms. The predicted octanol–water partition coefficient (Wildman–Crippen LogP) is 5.20. The summed E-state index contributed by atoms with van der Waals surface area (Å²) in [5.41, 5.74) is 1.90. The molecule has 200 valence electrons. The van der Waals surface area contributed by atoms with Gasteiger partial charge in [0.25, 0.3) is 0 Å². The summed E-state index contributed by atoms with van der Waals surface area (Å²) >= 11 is 1.60. The number of aliphatic hydroxyl groups is 2. The topological polar surface area (TPSA) is 98.7 Å². The molecule has 0 aromatic heterocycles. The highest BCUT2D eigenvalue weighted by molar-refractivity contribution is 7.99. The molecule has 0 aliphatic carbocycles. The van der Waals surface area contributed by atoms with E-state index < -0.39 is 0 Å².